The molecule has 34 heavy (non-hydrogen) atoms. The first-order chi connectivity index (χ1) is 16.3. The number of nitrogens with one attached hydrogen (secondary N) is 2. The predicted octanol–water partition coefficient (Wildman–Crippen LogP) is 3.22. The van der Waals surface area contributed by atoms with Gasteiger partial charge < -0.3 is 24.6 Å². The van der Waals surface area contributed by atoms with E-state index in [2.05, 4.69) is 32.6 Å². The van der Waals surface area contributed by atoms with Crippen LogP contribution in [0.4, 0.5) is 5.82 Å². The van der Waals surface area contributed by atoms with Crippen molar-refractivity contribution in [3.63, 3.8) is 0 Å². The summed E-state index contributed by atoms with van der Waals surface area (Å²) in [5.41, 5.74) is 4.35. The number of hydrazone groups is 1. The molecule has 1 aromatic heterocycles. The van der Waals surface area contributed by atoms with Crippen molar-refractivity contribution in [2.45, 2.75) is 45.8 Å². The molecule has 0 bridgehead atoms. The molecule has 1 aromatic carbocycles. The van der Waals surface area contributed by atoms with Crippen LogP contribution in [-0.4, -0.2) is 65.6 Å². The fraction of sp³-hybridized carbons (Fsp3) is 0.480. The molecule has 0 radical (unpaired) electrons. The van der Waals surface area contributed by atoms with E-state index in [0.717, 1.165) is 23.4 Å². The van der Waals surface area contributed by atoms with Crippen LogP contribution in [0.25, 0.3) is 0 Å². The van der Waals surface area contributed by atoms with Crippen molar-refractivity contribution in [3.8, 4) is 11.6 Å². The van der Waals surface area contributed by atoms with E-state index in [1.807, 2.05) is 52.0 Å². The van der Waals surface area contributed by atoms with Gasteiger partial charge in [-0.2, -0.15) is 5.10 Å². The number of aliphatic hydroxyl groups is 1. The molecule has 2 aromatic rings. The number of para-hydroxylation sites is 1. The lowest BCUT2D eigenvalue weighted by Gasteiger charge is -2.27. The van der Waals surface area contributed by atoms with Crippen LogP contribution in [0.1, 0.15) is 33.3 Å². The largest absolute Gasteiger partial charge is 0.491 e. The maximum absolute atomic E-state index is 10.4. The van der Waals surface area contributed by atoms with Gasteiger partial charge in [0.1, 0.15) is 25.1 Å². The Balaban J connectivity index is 1.74. The van der Waals surface area contributed by atoms with Gasteiger partial charge in [-0.05, 0) is 51.8 Å². The number of β-amino-alcohol motifs (C(OH)–C–C–N with tert-alkyl or cyclic N) is 1. The number of hydrogen-bond acceptors (Lipinski definition) is 9. The second-order valence-electron chi connectivity index (χ2n) is 8.67. The molecule has 0 aliphatic carbocycles. The number of rotatable bonds is 16. The topological polar surface area (TPSA) is 110 Å². The predicted molar refractivity (Wildman–Crippen MR) is 135 cm³/mol. The van der Waals surface area contributed by atoms with E-state index in [-0.39, 0.29) is 6.61 Å². The Labute approximate surface area is 202 Å². The number of nitrogens with zero attached hydrogens (tertiary/aromatic N) is 3. The SMILES string of the molecule is C=CCOCCc1ccccc1OCC(O)CNC(C)(C)COc1ccc(NN=C(C)C)nn1. The summed E-state index contributed by atoms with van der Waals surface area (Å²) in [5, 5.41) is 25.9. The summed E-state index contributed by atoms with van der Waals surface area (Å²) in [6.45, 7) is 13.4. The zero-order valence-corrected chi connectivity index (χ0v) is 20.6. The van der Waals surface area contributed by atoms with Crippen LogP contribution >= 0.6 is 0 Å². The zero-order valence-electron chi connectivity index (χ0n) is 20.6. The minimum Gasteiger partial charge on any atom is -0.491 e. The van der Waals surface area contributed by atoms with Gasteiger partial charge in [0, 0.05) is 23.9 Å². The molecule has 1 heterocycles. The summed E-state index contributed by atoms with van der Waals surface area (Å²) >= 11 is 0. The Morgan fingerprint density at radius 1 is 1.18 bits per heavy atom. The highest BCUT2D eigenvalue weighted by atomic mass is 16.5. The third-order valence-corrected chi connectivity index (χ3v) is 4.59. The Morgan fingerprint density at radius 3 is 2.68 bits per heavy atom. The minimum absolute atomic E-state index is 0.175. The summed E-state index contributed by atoms with van der Waals surface area (Å²) in [7, 11) is 0. The molecule has 0 amide bonds. The lowest BCUT2D eigenvalue weighted by Crippen LogP contribution is -2.48. The number of ether oxygens (including phenoxy) is 3. The first-order valence-electron chi connectivity index (χ1n) is 11.3. The molecule has 0 aliphatic heterocycles. The number of aromatic nitrogens is 2. The standard InChI is InChI=1S/C25H37N5O4/c1-6-14-32-15-13-20-9-7-8-10-22(20)33-17-21(31)16-26-25(4,5)18-34-24-12-11-23(29-30-24)28-27-19(2)3/h6-12,21,26,31H,1,13-18H2,2-5H3,(H,28,29). The summed E-state index contributed by atoms with van der Waals surface area (Å²) in [4.78, 5) is 0. The number of aliphatic hydroxyl groups excluding tert-OH is 1. The van der Waals surface area contributed by atoms with Crippen LogP contribution in [0.15, 0.2) is 54.2 Å². The van der Waals surface area contributed by atoms with Gasteiger partial charge in [0.2, 0.25) is 5.88 Å². The Hall–Kier alpha value is -3.01. The third-order valence-electron chi connectivity index (χ3n) is 4.59. The van der Waals surface area contributed by atoms with Gasteiger partial charge in [-0.15, -0.1) is 16.8 Å². The van der Waals surface area contributed by atoms with Crippen molar-refractivity contribution in [1.82, 2.24) is 15.5 Å². The molecule has 1 unspecified atom stereocenters. The van der Waals surface area contributed by atoms with E-state index in [9.17, 15) is 5.11 Å². The number of anilines is 1. The van der Waals surface area contributed by atoms with Crippen molar-refractivity contribution >= 4 is 11.5 Å². The minimum atomic E-state index is -0.683. The van der Waals surface area contributed by atoms with Crippen molar-refractivity contribution in [2.24, 2.45) is 5.10 Å². The highest BCUT2D eigenvalue weighted by Gasteiger charge is 2.20. The molecule has 1 atom stereocenters. The highest BCUT2D eigenvalue weighted by Crippen LogP contribution is 2.19. The fourth-order valence-electron chi connectivity index (χ4n) is 2.77. The smallest absolute Gasteiger partial charge is 0.233 e. The number of benzene rings is 1. The molecule has 9 nitrogen and oxygen atoms in total. The molecular weight excluding hydrogens is 434 g/mol. The van der Waals surface area contributed by atoms with Gasteiger partial charge >= 0.3 is 0 Å². The van der Waals surface area contributed by atoms with Crippen LogP contribution in [-0.2, 0) is 11.2 Å². The number of hydrogen-bond donors (Lipinski definition) is 3. The monoisotopic (exact) mass is 471 g/mol. The molecule has 3 N–H and O–H groups in total. The van der Waals surface area contributed by atoms with Crippen LogP contribution in [0.5, 0.6) is 11.6 Å². The van der Waals surface area contributed by atoms with Crippen molar-refractivity contribution in [2.75, 3.05) is 38.4 Å². The summed E-state index contributed by atoms with van der Waals surface area (Å²) in [6.07, 6.45) is 1.77. The second-order valence-corrected chi connectivity index (χ2v) is 8.67. The van der Waals surface area contributed by atoms with Gasteiger partial charge in [0.25, 0.3) is 0 Å². The molecule has 186 valence electrons. The maximum atomic E-state index is 10.4. The quantitative estimate of drug-likeness (QED) is 0.148. The van der Waals surface area contributed by atoms with Crippen LogP contribution < -0.4 is 20.2 Å². The Morgan fingerprint density at radius 2 is 1.97 bits per heavy atom. The van der Waals surface area contributed by atoms with E-state index in [0.29, 0.717) is 38.1 Å². The van der Waals surface area contributed by atoms with E-state index < -0.39 is 11.6 Å². The van der Waals surface area contributed by atoms with Gasteiger partial charge in [-0.3, -0.25) is 5.43 Å². The summed E-state index contributed by atoms with van der Waals surface area (Å²) in [5.74, 6) is 1.71. The van der Waals surface area contributed by atoms with E-state index in [1.54, 1.807) is 18.2 Å². The molecule has 0 aliphatic rings. The van der Waals surface area contributed by atoms with Crippen molar-refractivity contribution < 1.29 is 19.3 Å². The Kier molecular flexibility index (Phi) is 11.5. The molecular formula is C25H37N5O4. The van der Waals surface area contributed by atoms with Crippen molar-refractivity contribution in [3.05, 3.63) is 54.6 Å². The van der Waals surface area contributed by atoms with Gasteiger partial charge in [0.15, 0.2) is 5.82 Å². The average molecular weight is 472 g/mol. The first kappa shape index (κ1) is 27.2. The van der Waals surface area contributed by atoms with Crippen LogP contribution in [0, 0.1) is 0 Å². The molecule has 9 heteroatoms. The lowest BCUT2D eigenvalue weighted by atomic mass is 10.1. The zero-order chi connectivity index (χ0) is 24.8. The van der Waals surface area contributed by atoms with Crippen LogP contribution in [0.3, 0.4) is 0 Å². The third kappa shape index (κ3) is 10.7. The summed E-state index contributed by atoms with van der Waals surface area (Å²) < 4.78 is 17.1. The van der Waals surface area contributed by atoms with Gasteiger partial charge in [0.05, 0.1) is 13.2 Å². The van der Waals surface area contributed by atoms with E-state index >= 15 is 0 Å². The van der Waals surface area contributed by atoms with Crippen LogP contribution in [0.2, 0.25) is 0 Å². The van der Waals surface area contributed by atoms with Gasteiger partial charge in [-0.1, -0.05) is 24.3 Å². The molecule has 2 rings (SSSR count). The fourth-order valence-corrected chi connectivity index (χ4v) is 2.77. The molecule has 0 saturated heterocycles. The first-order valence-corrected chi connectivity index (χ1v) is 11.3. The second kappa shape index (κ2) is 14.3. The average Bonchev–Trinajstić information content (AvgIpc) is 2.83. The van der Waals surface area contributed by atoms with Crippen molar-refractivity contribution in [1.29, 1.82) is 0 Å². The molecule has 0 fully saturated rings. The molecule has 0 spiro atoms. The normalized spacial score (nSPS) is 12.0. The maximum Gasteiger partial charge on any atom is 0.233 e. The van der Waals surface area contributed by atoms with E-state index in [4.69, 9.17) is 14.2 Å². The Bertz CT molecular complexity index is 898. The highest BCUT2D eigenvalue weighted by molar-refractivity contribution is 5.79. The summed E-state index contributed by atoms with van der Waals surface area (Å²) in [6, 6.07) is 11.3. The lowest BCUT2D eigenvalue weighted by molar-refractivity contribution is 0.0915. The van der Waals surface area contributed by atoms with E-state index in [1.165, 1.54) is 0 Å². The van der Waals surface area contributed by atoms with Gasteiger partial charge in [-0.25, -0.2) is 0 Å². The molecule has 0 saturated carbocycles.